The molecule has 0 radical (unpaired) electrons. The summed E-state index contributed by atoms with van der Waals surface area (Å²) in [5.74, 6) is 0. The van der Waals surface area contributed by atoms with Crippen LogP contribution in [0.25, 0.3) is 11.1 Å². The quantitative estimate of drug-likeness (QED) is 0.699. The highest BCUT2D eigenvalue weighted by Crippen LogP contribution is 2.23. The fourth-order valence-electron chi connectivity index (χ4n) is 3.18. The number of hydrogen-bond acceptors (Lipinski definition) is 2. The van der Waals surface area contributed by atoms with Gasteiger partial charge in [0.1, 0.15) is 0 Å². The molecule has 0 amide bonds. The van der Waals surface area contributed by atoms with Crippen molar-refractivity contribution in [2.45, 2.75) is 39.0 Å². The zero-order valence-electron chi connectivity index (χ0n) is 15.4. The summed E-state index contributed by atoms with van der Waals surface area (Å²) in [5.41, 5.74) is 5.14. The molecule has 1 unspecified atom stereocenters. The monoisotopic (exact) mass is 333 g/mol. The van der Waals surface area contributed by atoms with E-state index in [1.165, 1.54) is 22.4 Å². The zero-order chi connectivity index (χ0) is 17.6. The summed E-state index contributed by atoms with van der Waals surface area (Å²) in [7, 11) is 1.77. The average Bonchev–Trinajstić information content (AvgIpc) is 2.67. The third-order valence-corrected chi connectivity index (χ3v) is 4.71. The highest BCUT2D eigenvalue weighted by Gasteiger charge is 2.16. The van der Waals surface area contributed by atoms with Crippen LogP contribution in [0.2, 0.25) is 0 Å². The minimum Gasteiger partial charge on any atom is -0.377 e. The van der Waals surface area contributed by atoms with E-state index in [4.69, 9.17) is 4.74 Å². The first-order valence-corrected chi connectivity index (χ1v) is 8.99. The van der Waals surface area contributed by atoms with Crippen molar-refractivity contribution in [3.63, 3.8) is 0 Å². The number of hydrogen-bond donors (Lipinski definition) is 0. The van der Waals surface area contributed by atoms with Crippen LogP contribution in [0.3, 0.4) is 0 Å². The maximum atomic E-state index is 5.40. The highest BCUT2D eigenvalue weighted by atomic mass is 16.5. The molecule has 1 aliphatic rings. The van der Waals surface area contributed by atoms with Crippen LogP contribution in [0.4, 0.5) is 0 Å². The van der Waals surface area contributed by atoms with Gasteiger partial charge in [-0.1, -0.05) is 66.7 Å². The first-order chi connectivity index (χ1) is 12.2. The Bertz CT molecular complexity index is 728. The van der Waals surface area contributed by atoms with Crippen LogP contribution in [0.1, 0.15) is 25.8 Å². The molecule has 0 fully saturated rings. The van der Waals surface area contributed by atoms with Crippen molar-refractivity contribution in [1.82, 2.24) is 4.90 Å². The number of nitrogens with zero attached hydrogens (tertiary/aromatic N) is 1. The molecule has 0 bridgehead atoms. The summed E-state index contributed by atoms with van der Waals surface area (Å²) in [5, 5.41) is 0. The lowest BCUT2D eigenvalue weighted by Crippen LogP contribution is -2.30. The molecule has 1 atom stereocenters. The van der Waals surface area contributed by atoms with E-state index in [0.29, 0.717) is 6.04 Å². The summed E-state index contributed by atoms with van der Waals surface area (Å²) < 4.78 is 5.40. The van der Waals surface area contributed by atoms with Gasteiger partial charge in [-0.15, -0.1) is 0 Å². The highest BCUT2D eigenvalue weighted by molar-refractivity contribution is 5.63. The van der Waals surface area contributed by atoms with Crippen molar-refractivity contribution < 1.29 is 4.74 Å². The topological polar surface area (TPSA) is 12.5 Å². The number of ether oxygens (including phenoxy) is 1. The molecule has 2 nitrogen and oxygen atoms in total. The van der Waals surface area contributed by atoms with Crippen molar-refractivity contribution in [1.29, 1.82) is 0 Å². The fourth-order valence-corrected chi connectivity index (χ4v) is 3.18. The Kier molecular flexibility index (Phi) is 5.72. The van der Waals surface area contributed by atoms with Gasteiger partial charge in [0.25, 0.3) is 0 Å². The van der Waals surface area contributed by atoms with E-state index in [1.54, 1.807) is 7.11 Å². The molecule has 0 saturated carbocycles. The third-order valence-electron chi connectivity index (χ3n) is 4.71. The van der Waals surface area contributed by atoms with Gasteiger partial charge < -0.3 is 9.64 Å². The third kappa shape index (κ3) is 4.40. The van der Waals surface area contributed by atoms with Gasteiger partial charge in [-0.2, -0.15) is 0 Å². The lowest BCUT2D eigenvalue weighted by Gasteiger charge is -2.32. The van der Waals surface area contributed by atoms with Crippen molar-refractivity contribution >= 4 is 0 Å². The second kappa shape index (κ2) is 8.17. The van der Waals surface area contributed by atoms with E-state index < -0.39 is 0 Å². The molecule has 1 aliphatic carbocycles. The fraction of sp³-hybridized carbons (Fsp3) is 0.304. The second-order valence-corrected chi connectivity index (χ2v) is 6.78. The van der Waals surface area contributed by atoms with Crippen LogP contribution in [-0.4, -0.2) is 24.2 Å². The lowest BCUT2D eigenvalue weighted by molar-refractivity contribution is 0.140. The molecule has 2 aromatic rings. The van der Waals surface area contributed by atoms with Gasteiger partial charge in [0.05, 0.1) is 6.10 Å². The molecule has 0 N–H and O–H groups in total. The van der Waals surface area contributed by atoms with Crippen LogP contribution in [0.5, 0.6) is 0 Å². The molecular weight excluding hydrogens is 306 g/mol. The standard InChI is InChI=1S/C23H27NO/c1-18(2)24(22-13-15-23(25-3)16-14-22)17-19-9-11-21(12-10-19)20-7-5-4-6-8-20/h4-15,18,23H,16-17H2,1-3H3. The SMILES string of the molecule is COC1C=CC(N(Cc2ccc(-c3ccccc3)cc2)C(C)C)=CC1. The van der Waals surface area contributed by atoms with Crippen molar-refractivity contribution in [3.8, 4) is 11.1 Å². The zero-order valence-corrected chi connectivity index (χ0v) is 15.4. The number of benzene rings is 2. The summed E-state index contributed by atoms with van der Waals surface area (Å²) in [4.78, 5) is 2.44. The number of methoxy groups -OCH3 is 1. The largest absolute Gasteiger partial charge is 0.377 e. The van der Waals surface area contributed by atoms with Crippen LogP contribution >= 0.6 is 0 Å². The van der Waals surface area contributed by atoms with Gasteiger partial charge in [-0.3, -0.25) is 0 Å². The molecule has 25 heavy (non-hydrogen) atoms. The molecule has 2 heteroatoms. The normalized spacial score (nSPS) is 16.8. The Morgan fingerprint density at radius 1 is 1.00 bits per heavy atom. The van der Waals surface area contributed by atoms with Crippen LogP contribution in [0.15, 0.2) is 78.5 Å². The second-order valence-electron chi connectivity index (χ2n) is 6.78. The van der Waals surface area contributed by atoms with Gasteiger partial charge in [-0.05, 0) is 43.0 Å². The molecule has 130 valence electrons. The Hall–Kier alpha value is -2.32. The van der Waals surface area contributed by atoms with Gasteiger partial charge in [0.2, 0.25) is 0 Å². The maximum Gasteiger partial charge on any atom is 0.0791 e. The number of rotatable bonds is 6. The van der Waals surface area contributed by atoms with Crippen LogP contribution in [0, 0.1) is 0 Å². The molecule has 0 spiro atoms. The number of allylic oxidation sites excluding steroid dienone is 1. The molecular formula is C23H27NO. The van der Waals surface area contributed by atoms with Crippen molar-refractivity contribution in [2.75, 3.05) is 7.11 Å². The molecule has 2 aromatic carbocycles. The van der Waals surface area contributed by atoms with E-state index in [2.05, 4.69) is 91.6 Å². The van der Waals surface area contributed by atoms with Gasteiger partial charge in [0, 0.05) is 25.4 Å². The molecule has 0 aliphatic heterocycles. The van der Waals surface area contributed by atoms with E-state index in [1.807, 2.05) is 0 Å². The Morgan fingerprint density at radius 3 is 2.24 bits per heavy atom. The summed E-state index contributed by atoms with van der Waals surface area (Å²) in [6, 6.07) is 19.9. The molecule has 0 heterocycles. The van der Waals surface area contributed by atoms with Gasteiger partial charge in [0.15, 0.2) is 0 Å². The van der Waals surface area contributed by atoms with Crippen molar-refractivity contribution in [2.24, 2.45) is 0 Å². The van der Waals surface area contributed by atoms with E-state index in [0.717, 1.165) is 13.0 Å². The van der Waals surface area contributed by atoms with Crippen LogP contribution < -0.4 is 0 Å². The maximum absolute atomic E-state index is 5.40. The Balaban J connectivity index is 1.73. The van der Waals surface area contributed by atoms with E-state index in [-0.39, 0.29) is 6.10 Å². The molecule has 3 rings (SSSR count). The predicted molar refractivity (Wildman–Crippen MR) is 105 cm³/mol. The summed E-state index contributed by atoms with van der Waals surface area (Å²) in [6.45, 7) is 5.41. The minimum atomic E-state index is 0.211. The molecule has 0 aromatic heterocycles. The van der Waals surface area contributed by atoms with Gasteiger partial charge >= 0.3 is 0 Å². The summed E-state index contributed by atoms with van der Waals surface area (Å²) in [6.07, 6.45) is 7.78. The smallest absolute Gasteiger partial charge is 0.0791 e. The summed E-state index contributed by atoms with van der Waals surface area (Å²) >= 11 is 0. The first-order valence-electron chi connectivity index (χ1n) is 8.99. The lowest BCUT2D eigenvalue weighted by atomic mass is 10.0. The van der Waals surface area contributed by atoms with Crippen LogP contribution in [-0.2, 0) is 11.3 Å². The molecule has 0 saturated heterocycles. The van der Waals surface area contributed by atoms with E-state index in [9.17, 15) is 0 Å². The minimum absolute atomic E-state index is 0.211. The Labute approximate surface area is 151 Å². The Morgan fingerprint density at radius 2 is 1.68 bits per heavy atom. The van der Waals surface area contributed by atoms with Crippen molar-refractivity contribution in [3.05, 3.63) is 84.1 Å². The first kappa shape index (κ1) is 17.5. The van der Waals surface area contributed by atoms with Gasteiger partial charge in [-0.25, -0.2) is 0 Å². The average molecular weight is 333 g/mol. The predicted octanol–water partition coefficient (Wildman–Crippen LogP) is 5.42. The van der Waals surface area contributed by atoms with E-state index >= 15 is 0 Å².